The zero-order chi connectivity index (χ0) is 16.1. The fraction of sp³-hybridized carbons (Fsp3) is 0.0667. The zero-order valence-electron chi connectivity index (χ0n) is 11.7. The molecule has 0 spiro atoms. The summed E-state index contributed by atoms with van der Waals surface area (Å²) in [5.41, 5.74) is 3.01. The highest BCUT2D eigenvalue weighted by molar-refractivity contribution is 6.02. The van der Waals surface area contributed by atoms with E-state index in [2.05, 4.69) is 10.5 Å². The molecule has 0 atom stereocenters. The van der Waals surface area contributed by atoms with Gasteiger partial charge in [0, 0.05) is 11.6 Å². The van der Waals surface area contributed by atoms with Gasteiger partial charge in [-0.1, -0.05) is 24.3 Å². The van der Waals surface area contributed by atoms with Gasteiger partial charge in [0.2, 0.25) is 0 Å². The number of carbonyl (C=O) groups is 1. The van der Waals surface area contributed by atoms with Gasteiger partial charge in [-0.2, -0.15) is 5.10 Å². The predicted molar refractivity (Wildman–Crippen MR) is 80.9 cm³/mol. The molecule has 0 saturated carbocycles. The first-order chi connectivity index (χ1) is 10.5. The van der Waals surface area contributed by atoms with Crippen LogP contribution in [-0.4, -0.2) is 21.6 Å². The van der Waals surface area contributed by atoms with Gasteiger partial charge in [-0.15, -0.1) is 0 Å². The summed E-state index contributed by atoms with van der Waals surface area (Å²) in [5.74, 6) is -0.594. The first-order valence-corrected chi connectivity index (χ1v) is 6.36. The SMILES string of the molecule is C/C(=N\NC(=O)c1ccccc1[N+](=O)[O-])c1cccc(O)c1. The number of benzene rings is 2. The minimum atomic E-state index is -0.674. The number of rotatable bonds is 4. The lowest BCUT2D eigenvalue weighted by atomic mass is 10.1. The van der Waals surface area contributed by atoms with Gasteiger partial charge in [0.15, 0.2) is 0 Å². The van der Waals surface area contributed by atoms with Crippen molar-refractivity contribution in [3.8, 4) is 5.75 Å². The molecule has 0 aromatic heterocycles. The van der Waals surface area contributed by atoms with Crippen LogP contribution in [0.5, 0.6) is 5.75 Å². The third-order valence-corrected chi connectivity index (χ3v) is 2.93. The van der Waals surface area contributed by atoms with E-state index in [0.29, 0.717) is 11.3 Å². The Kier molecular flexibility index (Phi) is 4.47. The number of hydrogen-bond donors (Lipinski definition) is 2. The summed E-state index contributed by atoms with van der Waals surface area (Å²) in [6.45, 7) is 1.65. The van der Waals surface area contributed by atoms with Crippen molar-refractivity contribution in [2.24, 2.45) is 5.10 Å². The number of hydrazone groups is 1. The monoisotopic (exact) mass is 299 g/mol. The number of phenols is 1. The van der Waals surface area contributed by atoms with Crippen molar-refractivity contribution in [2.45, 2.75) is 6.92 Å². The molecule has 0 fully saturated rings. The first kappa shape index (κ1) is 15.2. The maximum Gasteiger partial charge on any atom is 0.282 e. The van der Waals surface area contributed by atoms with Crippen LogP contribution in [0, 0.1) is 10.1 Å². The number of nitrogens with one attached hydrogen (secondary N) is 1. The molecule has 0 aliphatic rings. The number of carbonyl (C=O) groups excluding carboxylic acids is 1. The number of phenolic OH excluding ortho intramolecular Hbond substituents is 1. The van der Waals surface area contributed by atoms with Crippen molar-refractivity contribution in [1.82, 2.24) is 5.43 Å². The normalized spacial score (nSPS) is 11.0. The molecule has 7 nitrogen and oxygen atoms in total. The van der Waals surface area contributed by atoms with Crippen molar-refractivity contribution in [3.05, 3.63) is 69.8 Å². The molecule has 112 valence electrons. The summed E-state index contributed by atoms with van der Waals surface area (Å²) in [7, 11) is 0. The molecule has 22 heavy (non-hydrogen) atoms. The molecule has 0 saturated heterocycles. The van der Waals surface area contributed by atoms with Crippen LogP contribution in [-0.2, 0) is 0 Å². The van der Waals surface area contributed by atoms with Gasteiger partial charge < -0.3 is 5.11 Å². The number of nitro groups is 1. The van der Waals surface area contributed by atoms with Crippen LogP contribution < -0.4 is 5.43 Å². The number of hydrogen-bond acceptors (Lipinski definition) is 5. The molecule has 7 heteroatoms. The summed E-state index contributed by atoms with van der Waals surface area (Å²) in [6, 6.07) is 12.0. The molecule has 0 aliphatic carbocycles. The van der Waals surface area contributed by atoms with E-state index in [-0.39, 0.29) is 17.0 Å². The number of aromatic hydroxyl groups is 1. The van der Waals surface area contributed by atoms with E-state index in [4.69, 9.17) is 0 Å². The highest BCUT2D eigenvalue weighted by Gasteiger charge is 2.18. The minimum Gasteiger partial charge on any atom is -0.508 e. The zero-order valence-corrected chi connectivity index (χ0v) is 11.7. The maximum atomic E-state index is 12.0. The lowest BCUT2D eigenvalue weighted by molar-refractivity contribution is -0.385. The average molecular weight is 299 g/mol. The van der Waals surface area contributed by atoms with E-state index in [1.807, 2.05) is 0 Å². The Balaban J connectivity index is 2.19. The average Bonchev–Trinajstić information content (AvgIpc) is 2.52. The number of nitro benzene ring substituents is 1. The van der Waals surface area contributed by atoms with E-state index in [0.717, 1.165) is 0 Å². The second kappa shape index (κ2) is 6.49. The van der Waals surface area contributed by atoms with E-state index >= 15 is 0 Å². The van der Waals surface area contributed by atoms with Crippen molar-refractivity contribution in [2.75, 3.05) is 0 Å². The Labute approximate surface area is 126 Å². The second-order valence-corrected chi connectivity index (χ2v) is 4.46. The number of amides is 1. The number of para-hydroxylation sites is 1. The van der Waals surface area contributed by atoms with Crippen LogP contribution in [0.25, 0.3) is 0 Å². The van der Waals surface area contributed by atoms with Gasteiger partial charge in [-0.05, 0) is 25.1 Å². The van der Waals surface area contributed by atoms with E-state index in [1.165, 1.54) is 36.4 Å². The summed E-state index contributed by atoms with van der Waals surface area (Å²) >= 11 is 0. The molecule has 0 unspecified atom stereocenters. The van der Waals surface area contributed by atoms with Crippen molar-refractivity contribution < 1.29 is 14.8 Å². The second-order valence-electron chi connectivity index (χ2n) is 4.46. The quantitative estimate of drug-likeness (QED) is 0.514. The summed E-state index contributed by atoms with van der Waals surface area (Å²) in [6.07, 6.45) is 0. The standard InChI is InChI=1S/C15H13N3O4/c1-10(11-5-4-6-12(19)9-11)16-17-15(20)13-7-2-3-8-14(13)18(21)22/h2-9,19H,1H3,(H,17,20)/b16-10+. The molecule has 1 amide bonds. The van der Waals surface area contributed by atoms with Gasteiger partial charge in [-0.25, -0.2) is 5.43 Å². The molecule has 2 N–H and O–H groups in total. The first-order valence-electron chi connectivity index (χ1n) is 6.36. The smallest absolute Gasteiger partial charge is 0.282 e. The molecule has 0 bridgehead atoms. The Hall–Kier alpha value is -3.22. The molecule has 2 aromatic carbocycles. The predicted octanol–water partition coefficient (Wildman–Crippen LogP) is 2.45. The van der Waals surface area contributed by atoms with Gasteiger partial charge in [0.1, 0.15) is 11.3 Å². The molecule has 0 radical (unpaired) electrons. The summed E-state index contributed by atoms with van der Waals surface area (Å²) < 4.78 is 0. The summed E-state index contributed by atoms with van der Waals surface area (Å²) in [4.78, 5) is 22.3. The van der Waals surface area contributed by atoms with Gasteiger partial charge >= 0.3 is 0 Å². The van der Waals surface area contributed by atoms with E-state index < -0.39 is 10.8 Å². The van der Waals surface area contributed by atoms with Crippen LogP contribution in [0.1, 0.15) is 22.8 Å². The Bertz CT molecular complexity index is 756. The molecule has 0 aliphatic heterocycles. The topological polar surface area (TPSA) is 105 Å². The molecule has 2 aromatic rings. The third kappa shape index (κ3) is 3.45. The molecular formula is C15H13N3O4. The van der Waals surface area contributed by atoms with Crippen LogP contribution in [0.3, 0.4) is 0 Å². The highest BCUT2D eigenvalue weighted by atomic mass is 16.6. The Morgan fingerprint density at radius 1 is 1.23 bits per heavy atom. The van der Waals surface area contributed by atoms with Crippen LogP contribution in [0.2, 0.25) is 0 Å². The fourth-order valence-electron chi connectivity index (χ4n) is 1.82. The lowest BCUT2D eigenvalue weighted by Crippen LogP contribution is -2.20. The van der Waals surface area contributed by atoms with E-state index in [9.17, 15) is 20.0 Å². The summed E-state index contributed by atoms with van der Waals surface area (Å²) in [5, 5.41) is 24.2. The largest absolute Gasteiger partial charge is 0.508 e. The van der Waals surface area contributed by atoms with Gasteiger partial charge in [0.05, 0.1) is 10.6 Å². The molecule has 2 rings (SSSR count). The molecular weight excluding hydrogens is 286 g/mol. The third-order valence-electron chi connectivity index (χ3n) is 2.93. The van der Waals surface area contributed by atoms with Gasteiger partial charge in [-0.3, -0.25) is 14.9 Å². The van der Waals surface area contributed by atoms with Crippen molar-refractivity contribution in [3.63, 3.8) is 0 Å². The van der Waals surface area contributed by atoms with Gasteiger partial charge in [0.25, 0.3) is 11.6 Å². The molecule has 0 heterocycles. The highest BCUT2D eigenvalue weighted by Crippen LogP contribution is 2.17. The maximum absolute atomic E-state index is 12.0. The Morgan fingerprint density at radius 2 is 1.95 bits per heavy atom. The van der Waals surface area contributed by atoms with Crippen LogP contribution in [0.15, 0.2) is 53.6 Å². The van der Waals surface area contributed by atoms with Crippen LogP contribution >= 0.6 is 0 Å². The number of nitrogens with zero attached hydrogens (tertiary/aromatic N) is 2. The minimum absolute atomic E-state index is 0.0695. The van der Waals surface area contributed by atoms with Crippen LogP contribution in [0.4, 0.5) is 5.69 Å². The van der Waals surface area contributed by atoms with Crippen molar-refractivity contribution >= 4 is 17.3 Å². The fourth-order valence-corrected chi connectivity index (χ4v) is 1.82. The lowest BCUT2D eigenvalue weighted by Gasteiger charge is -2.04. The van der Waals surface area contributed by atoms with Crippen molar-refractivity contribution in [1.29, 1.82) is 0 Å². The van der Waals surface area contributed by atoms with E-state index in [1.54, 1.807) is 19.1 Å². The Morgan fingerprint density at radius 3 is 2.64 bits per heavy atom.